The zero-order valence-corrected chi connectivity index (χ0v) is 69.7. The first kappa shape index (κ1) is 84.1. The number of nitrogens with one attached hydrogen (secondary N) is 4. The summed E-state index contributed by atoms with van der Waals surface area (Å²) in [7, 11) is -5.60. The van der Waals surface area contributed by atoms with Crippen LogP contribution < -0.4 is 61.7 Å². The van der Waals surface area contributed by atoms with Crippen molar-refractivity contribution < 1.29 is 76.8 Å². The molecule has 0 saturated carbocycles. The van der Waals surface area contributed by atoms with Crippen molar-refractivity contribution in [2.75, 3.05) is 0 Å². The minimum atomic E-state index is -1.40. The Kier molecular flexibility index (Phi) is 26.0. The van der Waals surface area contributed by atoms with Crippen molar-refractivity contribution in [1.82, 2.24) is 21.3 Å². The number of hydrogen-bond acceptors (Lipinski definition) is 20. The maximum absolute atomic E-state index is 15.0. The Labute approximate surface area is 684 Å². The van der Waals surface area contributed by atoms with Crippen LogP contribution in [-0.4, -0.2) is 96.9 Å². The van der Waals surface area contributed by atoms with Crippen LogP contribution in [0.15, 0.2) is 146 Å². The predicted octanol–water partition coefficient (Wildman–Crippen LogP) is 13.3. The number of carbonyl (C=O) groups is 4. The average Bonchev–Trinajstić information content (AvgIpc) is 0.933. The molecule has 8 atom stereocenters. The quantitative estimate of drug-likeness (QED) is 0.0418. The van der Waals surface area contributed by atoms with E-state index in [-0.39, 0.29) is 142 Å². The van der Waals surface area contributed by atoms with Gasteiger partial charge in [-0.05, 0) is 97.3 Å². The van der Waals surface area contributed by atoms with E-state index in [2.05, 4.69) is 76.7 Å². The van der Waals surface area contributed by atoms with Gasteiger partial charge in [-0.2, -0.15) is 0 Å². The maximum Gasteiger partial charge on any atom is 0.634 e. The molecule has 0 radical (unpaired) electrons. The SMILES string of the molecule is CC(C)CC1c2cc(c3c(c2O)CNC(C(C)C)C(=O)OB(c2ccccc2)O3)C(CC(C)C)c2cc(c3c(c2O)CNC(C(C)C)C(=O)OB(c2ccccc2)O3)C(CC(C)C)c2cc(c3c(c2O)CNC(C(C)C)C(=O)OB(c2ccccc2)O3)C(CC(C)C)c2cc1c1c(c2O)CNC(C(C)C)C(=O)OB(c2ccccc2)O1. The zero-order chi connectivity index (χ0) is 82.8. The molecule has 24 heteroatoms. The number of benzene rings is 8. The molecular weight excluding hydrogens is 1460 g/mol. The van der Waals surface area contributed by atoms with Gasteiger partial charge in [-0.1, -0.05) is 232 Å². The van der Waals surface area contributed by atoms with E-state index in [0.717, 1.165) is 0 Å². The van der Waals surface area contributed by atoms with Gasteiger partial charge in [0, 0.05) is 138 Å². The Morgan fingerprint density at radius 2 is 0.466 bits per heavy atom. The third kappa shape index (κ3) is 17.7. The van der Waals surface area contributed by atoms with Crippen molar-refractivity contribution in [3.63, 3.8) is 0 Å². The standard InChI is InChI=1S/C92H112B4N4O16/c1-49(2)37-61-65-41-70(86-73(81(65)101)45-97-77(53(9)10)90(106)114-94(110-86)58-31-23-18-24-32-58)63(39-51(5)6)67-43-72(88-75(83(67)103)47-99-79(55(13)14)92(108)116-96(112-88)60-35-27-20-28-36-60)64(40-52(7)8)68-44-71(87-76(84(68)104)48-100-80(56(15)16)91(107)115-95(111-87)59-33-25-19-26-34-59)62(38-50(3)4)66-42-69(61)85-74(82(66)102)46-98-78(54(11)12)89(105)113-93(109-85)57-29-21-17-22-30-57/h17-36,41-44,49-56,61-64,77-80,97-104H,37-40,45-48H2,1-16H3. The summed E-state index contributed by atoms with van der Waals surface area (Å²) in [6.07, 6.45) is 1.20. The summed E-state index contributed by atoms with van der Waals surface area (Å²) in [5, 5.41) is 71.9. The van der Waals surface area contributed by atoms with Gasteiger partial charge in [-0.3, -0.25) is 40.4 Å². The first-order valence-electron chi connectivity index (χ1n) is 41.6. The maximum atomic E-state index is 15.0. The second-order valence-electron chi connectivity index (χ2n) is 35.2. The van der Waals surface area contributed by atoms with Gasteiger partial charge < -0.3 is 57.7 Å². The molecule has 8 unspecified atom stereocenters. The molecule has 13 rings (SSSR count). The van der Waals surface area contributed by atoms with Crippen LogP contribution in [0.25, 0.3) is 0 Å². The highest BCUT2D eigenvalue weighted by Crippen LogP contribution is 2.58. The van der Waals surface area contributed by atoms with E-state index in [1.54, 1.807) is 0 Å². The van der Waals surface area contributed by atoms with E-state index < -0.39 is 100 Å². The largest absolute Gasteiger partial charge is 0.634 e. The van der Waals surface area contributed by atoms with Crippen LogP contribution in [0.3, 0.4) is 0 Å². The fourth-order valence-corrected chi connectivity index (χ4v) is 17.3. The molecule has 1 aliphatic carbocycles. The molecule has 8 aromatic carbocycles. The molecule has 608 valence electrons. The number of hydrogen-bond donors (Lipinski definition) is 8. The van der Waals surface area contributed by atoms with Gasteiger partial charge in [0.2, 0.25) is 0 Å². The summed E-state index contributed by atoms with van der Waals surface area (Å²) in [5.41, 5.74) is 6.70. The van der Waals surface area contributed by atoms with Crippen molar-refractivity contribution in [3.05, 3.63) is 212 Å². The van der Waals surface area contributed by atoms with Crippen LogP contribution in [0.5, 0.6) is 46.0 Å². The smallest absolute Gasteiger partial charge is 0.521 e. The molecule has 5 aliphatic rings. The van der Waals surface area contributed by atoms with Crippen LogP contribution in [0, 0.1) is 47.3 Å². The molecule has 0 spiro atoms. The Balaban J connectivity index is 1.27. The molecule has 0 amide bonds. The Morgan fingerprint density at radius 3 is 0.629 bits per heavy atom. The highest BCUT2D eigenvalue weighted by atomic mass is 16.6. The lowest BCUT2D eigenvalue weighted by Gasteiger charge is -2.35. The molecule has 20 nitrogen and oxygen atoms in total. The molecule has 0 aromatic heterocycles. The Morgan fingerprint density at radius 1 is 0.284 bits per heavy atom. The fourth-order valence-electron chi connectivity index (χ4n) is 17.3. The molecule has 0 saturated heterocycles. The topological polar surface area (TPSA) is 271 Å². The number of carbonyl (C=O) groups excluding carboxylic acids is 4. The van der Waals surface area contributed by atoms with Crippen LogP contribution in [0.4, 0.5) is 0 Å². The molecule has 4 heterocycles. The molecule has 4 aliphatic heterocycles. The molecule has 8 bridgehead atoms. The number of fused-ring (bicyclic) bond motifs is 16. The lowest BCUT2D eigenvalue weighted by molar-refractivity contribution is -0.139. The van der Waals surface area contributed by atoms with Crippen molar-refractivity contribution in [1.29, 1.82) is 0 Å². The lowest BCUT2D eigenvalue weighted by atomic mass is 9.72. The number of phenolic OH excluding ortho intramolecular Hbond substituents is 4. The summed E-state index contributed by atoms with van der Waals surface area (Å²) < 4.78 is 56.5. The Hall–Kier alpha value is -9.86. The lowest BCUT2D eigenvalue weighted by Crippen LogP contribution is -2.47. The molecule has 8 N–H and O–H groups in total. The molecule has 0 fully saturated rings. The molecular formula is C92H112B4N4O16. The van der Waals surface area contributed by atoms with Gasteiger partial charge in [0.1, 0.15) is 70.2 Å². The highest BCUT2D eigenvalue weighted by molar-refractivity contribution is 6.65. The van der Waals surface area contributed by atoms with Gasteiger partial charge >= 0.3 is 52.4 Å². The normalized spacial score (nSPS) is 20.9. The second-order valence-corrected chi connectivity index (χ2v) is 35.2. The zero-order valence-electron chi connectivity index (χ0n) is 69.7. The summed E-state index contributed by atoms with van der Waals surface area (Å²) in [6.45, 7) is 31.6. The summed E-state index contributed by atoms with van der Waals surface area (Å²) in [4.78, 5) is 60.2. The monoisotopic (exact) mass is 1570 g/mol. The van der Waals surface area contributed by atoms with E-state index >= 15 is 19.2 Å². The molecule has 116 heavy (non-hydrogen) atoms. The highest BCUT2D eigenvalue weighted by Gasteiger charge is 2.48. The minimum Gasteiger partial charge on any atom is -0.521 e. The fraction of sp³-hybridized carbons (Fsp3) is 0.435. The van der Waals surface area contributed by atoms with E-state index in [1.807, 2.05) is 201 Å². The number of phenols is 4. The number of rotatable bonds is 16. The predicted molar refractivity (Wildman–Crippen MR) is 454 cm³/mol. The Bertz CT molecular complexity index is 4260. The van der Waals surface area contributed by atoms with E-state index in [1.165, 1.54) is 0 Å². The van der Waals surface area contributed by atoms with Crippen LogP contribution in [-0.2, 0) is 64.0 Å². The summed E-state index contributed by atoms with van der Waals surface area (Å²) >= 11 is 0. The van der Waals surface area contributed by atoms with Crippen molar-refractivity contribution in [3.8, 4) is 46.0 Å². The van der Waals surface area contributed by atoms with Crippen molar-refractivity contribution in [2.45, 2.75) is 210 Å². The van der Waals surface area contributed by atoms with E-state index in [4.69, 9.17) is 37.2 Å². The van der Waals surface area contributed by atoms with Crippen LogP contribution >= 0.6 is 0 Å². The third-order valence-corrected chi connectivity index (χ3v) is 23.2. The first-order valence-corrected chi connectivity index (χ1v) is 41.6. The average molecular weight is 1570 g/mol. The second kappa shape index (κ2) is 35.9. The van der Waals surface area contributed by atoms with Crippen LogP contribution in [0.1, 0.15) is 227 Å². The summed E-state index contributed by atoms with van der Waals surface area (Å²) in [6, 6.07) is 40.9. The van der Waals surface area contributed by atoms with E-state index in [9.17, 15) is 20.4 Å². The first-order chi connectivity index (χ1) is 55.5. The summed E-state index contributed by atoms with van der Waals surface area (Å²) in [5.74, 6) is -8.08. The van der Waals surface area contributed by atoms with Gasteiger partial charge in [-0.15, -0.1) is 0 Å². The van der Waals surface area contributed by atoms with Gasteiger partial charge in [-0.25, -0.2) is 0 Å². The van der Waals surface area contributed by atoms with Gasteiger partial charge in [0.25, 0.3) is 0 Å². The van der Waals surface area contributed by atoms with Crippen molar-refractivity contribution >= 4 is 74.2 Å². The molecule has 8 aromatic rings. The van der Waals surface area contributed by atoms with Gasteiger partial charge in [0.15, 0.2) is 0 Å². The van der Waals surface area contributed by atoms with E-state index in [0.29, 0.717) is 92.0 Å². The third-order valence-electron chi connectivity index (χ3n) is 23.2. The number of aromatic hydroxyl groups is 4. The van der Waals surface area contributed by atoms with Crippen LogP contribution in [0.2, 0.25) is 0 Å². The van der Waals surface area contributed by atoms with Gasteiger partial charge in [0.05, 0.1) is 0 Å². The van der Waals surface area contributed by atoms with Crippen molar-refractivity contribution in [2.24, 2.45) is 47.3 Å². The minimum absolute atomic E-state index is 0.144.